The Bertz CT molecular complexity index is 545. The smallest absolute Gasteiger partial charge is 0.274 e. The number of hydrogen-bond acceptors (Lipinski definition) is 3. The summed E-state index contributed by atoms with van der Waals surface area (Å²) < 4.78 is 0. The summed E-state index contributed by atoms with van der Waals surface area (Å²) >= 11 is 5.79. The molecule has 1 aliphatic rings. The molecule has 1 aromatic rings. The van der Waals surface area contributed by atoms with Crippen molar-refractivity contribution in [3.8, 4) is 0 Å². The quantitative estimate of drug-likeness (QED) is 0.486. The van der Waals surface area contributed by atoms with Gasteiger partial charge < -0.3 is 4.90 Å². The van der Waals surface area contributed by atoms with Crippen LogP contribution in [-0.4, -0.2) is 23.3 Å². The van der Waals surface area contributed by atoms with Crippen molar-refractivity contribution in [3.05, 3.63) is 33.4 Å². The summed E-state index contributed by atoms with van der Waals surface area (Å²) in [4.78, 5) is 24.1. The van der Waals surface area contributed by atoms with Crippen LogP contribution in [0.3, 0.4) is 0 Å². The van der Waals surface area contributed by atoms with Crippen LogP contribution in [-0.2, 0) is 4.79 Å². The van der Waals surface area contributed by atoms with Crippen LogP contribution in [0.2, 0.25) is 0 Å². The summed E-state index contributed by atoms with van der Waals surface area (Å²) in [6.45, 7) is 4.08. The van der Waals surface area contributed by atoms with Crippen molar-refractivity contribution >= 4 is 28.9 Å². The van der Waals surface area contributed by atoms with Gasteiger partial charge in [-0.25, -0.2) is 0 Å². The van der Waals surface area contributed by atoms with E-state index in [0.717, 1.165) is 5.56 Å². The van der Waals surface area contributed by atoms with Crippen molar-refractivity contribution in [2.75, 3.05) is 17.3 Å². The van der Waals surface area contributed by atoms with Crippen LogP contribution in [0.5, 0.6) is 0 Å². The summed E-state index contributed by atoms with van der Waals surface area (Å²) in [5.41, 5.74) is 2.14. The Morgan fingerprint density at radius 3 is 2.63 bits per heavy atom. The molecule has 0 N–H and O–H groups in total. The van der Waals surface area contributed by atoms with E-state index in [1.165, 1.54) is 6.07 Å². The van der Waals surface area contributed by atoms with E-state index in [9.17, 15) is 14.9 Å². The Kier molecular flexibility index (Phi) is 3.75. The normalized spacial score (nSPS) is 19.0. The third-order valence-electron chi connectivity index (χ3n) is 3.43. The molecule has 102 valence electrons. The number of hydrogen-bond donors (Lipinski definition) is 0. The number of carbonyl (C=O) groups excluding carboxylic acids is 1. The lowest BCUT2D eigenvalue weighted by molar-refractivity contribution is -0.385. The summed E-state index contributed by atoms with van der Waals surface area (Å²) in [6, 6.07) is 3.23. The van der Waals surface area contributed by atoms with Gasteiger partial charge in [-0.1, -0.05) is 0 Å². The minimum absolute atomic E-state index is 0.0214. The second kappa shape index (κ2) is 5.17. The van der Waals surface area contributed by atoms with E-state index in [0.29, 0.717) is 30.1 Å². The highest BCUT2D eigenvalue weighted by atomic mass is 35.5. The van der Waals surface area contributed by atoms with Gasteiger partial charge in [-0.15, -0.1) is 11.6 Å². The van der Waals surface area contributed by atoms with Gasteiger partial charge in [0.2, 0.25) is 5.91 Å². The van der Waals surface area contributed by atoms with Gasteiger partial charge in [0.05, 0.1) is 10.6 Å². The molecular formula is C13H15ClN2O3. The summed E-state index contributed by atoms with van der Waals surface area (Å²) in [6.07, 6.45) is 0.407. The SMILES string of the molecule is Cc1cc(C)c([N+](=O)[O-])cc1N1CC(CCl)CC1=O. The number of carbonyl (C=O) groups is 1. The molecule has 1 atom stereocenters. The highest BCUT2D eigenvalue weighted by molar-refractivity contribution is 6.18. The lowest BCUT2D eigenvalue weighted by atomic mass is 10.1. The first-order chi connectivity index (χ1) is 8.93. The topological polar surface area (TPSA) is 63.5 Å². The second-order valence-corrected chi connectivity index (χ2v) is 5.22. The largest absolute Gasteiger partial charge is 0.312 e. The third kappa shape index (κ3) is 2.56. The van der Waals surface area contributed by atoms with E-state index < -0.39 is 4.92 Å². The number of rotatable bonds is 3. The highest BCUT2D eigenvalue weighted by Crippen LogP contribution is 2.33. The molecule has 0 aromatic heterocycles. The molecular weight excluding hydrogens is 268 g/mol. The molecule has 1 fully saturated rings. The van der Waals surface area contributed by atoms with Crippen LogP contribution in [0.25, 0.3) is 0 Å². The van der Waals surface area contributed by atoms with Crippen LogP contribution < -0.4 is 4.90 Å². The average Bonchev–Trinajstić information content (AvgIpc) is 2.70. The van der Waals surface area contributed by atoms with Gasteiger partial charge in [-0.3, -0.25) is 14.9 Å². The van der Waals surface area contributed by atoms with Gasteiger partial charge in [0.1, 0.15) is 0 Å². The zero-order valence-corrected chi connectivity index (χ0v) is 11.6. The molecule has 0 radical (unpaired) electrons. The first kappa shape index (κ1) is 13.8. The van der Waals surface area contributed by atoms with Crippen molar-refractivity contribution < 1.29 is 9.72 Å². The maximum absolute atomic E-state index is 12.0. The van der Waals surface area contributed by atoms with Crippen molar-refractivity contribution in [1.29, 1.82) is 0 Å². The standard InChI is InChI=1S/C13H15ClN2O3/c1-8-3-9(2)12(16(18)19)5-11(8)15-7-10(6-14)4-13(15)17/h3,5,10H,4,6-7H2,1-2H3. The van der Waals surface area contributed by atoms with Gasteiger partial charge in [0.15, 0.2) is 0 Å². The van der Waals surface area contributed by atoms with Crippen molar-refractivity contribution in [3.63, 3.8) is 0 Å². The number of alkyl halides is 1. The molecule has 0 saturated carbocycles. The molecule has 19 heavy (non-hydrogen) atoms. The van der Waals surface area contributed by atoms with Gasteiger partial charge in [-0.05, 0) is 31.4 Å². The Morgan fingerprint density at radius 2 is 2.11 bits per heavy atom. The monoisotopic (exact) mass is 282 g/mol. The van der Waals surface area contributed by atoms with E-state index in [1.54, 1.807) is 17.9 Å². The number of anilines is 1. The average molecular weight is 283 g/mol. The first-order valence-corrected chi connectivity index (χ1v) is 6.59. The Hall–Kier alpha value is -1.62. The van der Waals surface area contributed by atoms with Crippen LogP contribution in [0.1, 0.15) is 17.5 Å². The van der Waals surface area contributed by atoms with Gasteiger partial charge in [-0.2, -0.15) is 0 Å². The molecule has 0 aliphatic carbocycles. The van der Waals surface area contributed by atoms with Crippen LogP contribution in [0, 0.1) is 29.9 Å². The Balaban J connectivity index is 2.42. The number of amides is 1. The van der Waals surface area contributed by atoms with E-state index in [1.807, 2.05) is 6.92 Å². The number of halogens is 1. The highest BCUT2D eigenvalue weighted by Gasteiger charge is 2.31. The minimum atomic E-state index is -0.419. The molecule has 5 nitrogen and oxygen atoms in total. The van der Waals surface area contributed by atoms with E-state index in [4.69, 9.17) is 11.6 Å². The number of aryl methyl sites for hydroxylation is 2. The van der Waals surface area contributed by atoms with Gasteiger partial charge in [0, 0.05) is 30.5 Å². The molecule has 0 bridgehead atoms. The van der Waals surface area contributed by atoms with E-state index >= 15 is 0 Å². The maximum Gasteiger partial charge on any atom is 0.274 e. The lowest BCUT2D eigenvalue weighted by Crippen LogP contribution is -2.25. The van der Waals surface area contributed by atoms with Crippen molar-refractivity contribution in [2.24, 2.45) is 5.92 Å². The first-order valence-electron chi connectivity index (χ1n) is 6.06. The zero-order valence-electron chi connectivity index (χ0n) is 10.9. The third-order valence-corrected chi connectivity index (χ3v) is 3.86. The molecule has 2 rings (SSSR count). The fourth-order valence-electron chi connectivity index (χ4n) is 2.44. The van der Waals surface area contributed by atoms with E-state index in [2.05, 4.69) is 0 Å². The molecule has 1 saturated heterocycles. The zero-order chi connectivity index (χ0) is 14.2. The second-order valence-electron chi connectivity index (χ2n) is 4.91. The molecule has 1 amide bonds. The summed E-state index contributed by atoms with van der Waals surface area (Å²) in [5.74, 6) is 0.524. The lowest BCUT2D eigenvalue weighted by Gasteiger charge is -2.19. The molecule has 1 aromatic carbocycles. The fraction of sp³-hybridized carbons (Fsp3) is 0.462. The Morgan fingerprint density at radius 1 is 1.42 bits per heavy atom. The number of nitro benzene ring substituents is 1. The fourth-order valence-corrected chi connectivity index (χ4v) is 2.64. The molecule has 0 spiro atoms. The number of benzene rings is 1. The minimum Gasteiger partial charge on any atom is -0.312 e. The van der Waals surface area contributed by atoms with Gasteiger partial charge >= 0.3 is 0 Å². The summed E-state index contributed by atoms with van der Waals surface area (Å²) in [5, 5.41) is 11.0. The van der Waals surface area contributed by atoms with Crippen molar-refractivity contribution in [2.45, 2.75) is 20.3 Å². The van der Waals surface area contributed by atoms with Crippen LogP contribution in [0.4, 0.5) is 11.4 Å². The molecule has 1 heterocycles. The predicted molar refractivity (Wildman–Crippen MR) is 73.8 cm³/mol. The van der Waals surface area contributed by atoms with Crippen LogP contribution in [0.15, 0.2) is 12.1 Å². The Labute approximate surface area is 116 Å². The van der Waals surface area contributed by atoms with E-state index in [-0.39, 0.29) is 17.5 Å². The maximum atomic E-state index is 12.0. The van der Waals surface area contributed by atoms with Gasteiger partial charge in [0.25, 0.3) is 5.69 Å². The number of nitro groups is 1. The number of nitrogens with zero attached hydrogens (tertiary/aromatic N) is 2. The van der Waals surface area contributed by atoms with Crippen LogP contribution >= 0.6 is 11.6 Å². The molecule has 6 heteroatoms. The van der Waals surface area contributed by atoms with Crippen molar-refractivity contribution in [1.82, 2.24) is 0 Å². The molecule has 1 unspecified atom stereocenters. The summed E-state index contributed by atoms with van der Waals surface area (Å²) in [7, 11) is 0. The molecule has 1 aliphatic heterocycles. The predicted octanol–water partition coefficient (Wildman–Crippen LogP) is 2.80.